The number of piperidine rings is 1. The maximum Gasteiger partial charge on any atom is 0.433 e. The molecule has 2 aliphatic rings. The number of hydrogen-bond donors (Lipinski definition) is 0. The summed E-state index contributed by atoms with van der Waals surface area (Å²) in [7, 11) is 0. The molecule has 0 aromatic carbocycles. The van der Waals surface area contributed by atoms with E-state index in [1.807, 2.05) is 4.90 Å². The van der Waals surface area contributed by atoms with Crippen molar-refractivity contribution in [2.75, 3.05) is 31.1 Å². The summed E-state index contributed by atoms with van der Waals surface area (Å²) in [5, 5.41) is 0. The first kappa shape index (κ1) is 16.5. The molecule has 4 nitrogen and oxygen atoms in total. The first-order valence-corrected chi connectivity index (χ1v) is 8.23. The van der Waals surface area contributed by atoms with E-state index in [1.54, 1.807) is 0 Å². The van der Waals surface area contributed by atoms with Crippen molar-refractivity contribution >= 4 is 5.82 Å². The molecule has 2 unspecified atom stereocenters. The molecule has 1 aromatic rings. The van der Waals surface area contributed by atoms with E-state index in [2.05, 4.69) is 28.7 Å². The van der Waals surface area contributed by atoms with Gasteiger partial charge in [0.05, 0.1) is 0 Å². The minimum atomic E-state index is -4.42. The van der Waals surface area contributed by atoms with Gasteiger partial charge in [-0.25, -0.2) is 9.97 Å². The molecule has 7 heteroatoms. The molecule has 3 rings (SSSR count). The molecule has 2 atom stereocenters. The third kappa shape index (κ3) is 3.59. The molecule has 0 aliphatic carbocycles. The first-order valence-electron chi connectivity index (χ1n) is 8.23. The van der Waals surface area contributed by atoms with Crippen LogP contribution in [0, 0.1) is 11.8 Å². The van der Waals surface area contributed by atoms with E-state index in [1.165, 1.54) is 6.42 Å². The van der Waals surface area contributed by atoms with E-state index in [0.29, 0.717) is 23.7 Å². The summed E-state index contributed by atoms with van der Waals surface area (Å²) >= 11 is 0. The molecule has 2 fully saturated rings. The Balaban J connectivity index is 1.60. The number of aromatic nitrogens is 2. The van der Waals surface area contributed by atoms with Crippen LogP contribution < -0.4 is 4.90 Å². The van der Waals surface area contributed by atoms with Gasteiger partial charge in [-0.05, 0) is 25.3 Å². The van der Waals surface area contributed by atoms with Crippen LogP contribution in [-0.2, 0) is 6.18 Å². The summed E-state index contributed by atoms with van der Waals surface area (Å²) in [5.41, 5.74) is -0.864. The minimum Gasteiger partial charge on any atom is -0.356 e. The molecule has 23 heavy (non-hydrogen) atoms. The summed E-state index contributed by atoms with van der Waals surface area (Å²) in [6.07, 6.45) is -1.21. The lowest BCUT2D eigenvalue weighted by Gasteiger charge is -2.54. The van der Waals surface area contributed by atoms with Crippen LogP contribution >= 0.6 is 0 Å². The molecular weight excluding hydrogens is 305 g/mol. The molecule has 128 valence electrons. The Hall–Kier alpha value is -1.37. The second kappa shape index (κ2) is 6.26. The summed E-state index contributed by atoms with van der Waals surface area (Å²) in [6, 6.07) is 1.66. The lowest BCUT2D eigenvalue weighted by Crippen LogP contribution is -2.63. The second-order valence-electron chi connectivity index (χ2n) is 7.00. The van der Waals surface area contributed by atoms with E-state index in [9.17, 15) is 13.2 Å². The number of hydrogen-bond acceptors (Lipinski definition) is 4. The van der Waals surface area contributed by atoms with E-state index in [0.717, 1.165) is 45.0 Å². The third-order valence-corrected chi connectivity index (χ3v) is 4.89. The van der Waals surface area contributed by atoms with Gasteiger partial charge in [-0.3, -0.25) is 4.90 Å². The fourth-order valence-electron chi connectivity index (χ4n) is 3.54. The molecule has 0 N–H and O–H groups in total. The second-order valence-corrected chi connectivity index (χ2v) is 7.00. The van der Waals surface area contributed by atoms with Crippen molar-refractivity contribution < 1.29 is 13.2 Å². The van der Waals surface area contributed by atoms with Crippen LogP contribution in [0.4, 0.5) is 19.0 Å². The van der Waals surface area contributed by atoms with Crippen molar-refractivity contribution in [2.45, 2.75) is 38.9 Å². The average Bonchev–Trinajstić information content (AvgIpc) is 2.47. The lowest BCUT2D eigenvalue weighted by atomic mass is 9.82. The van der Waals surface area contributed by atoms with Crippen LogP contribution in [0.5, 0.6) is 0 Å². The summed E-state index contributed by atoms with van der Waals surface area (Å²) in [4.78, 5) is 11.9. The topological polar surface area (TPSA) is 32.3 Å². The van der Waals surface area contributed by atoms with Gasteiger partial charge in [0.1, 0.15) is 17.8 Å². The van der Waals surface area contributed by atoms with Gasteiger partial charge in [0.15, 0.2) is 0 Å². The quantitative estimate of drug-likeness (QED) is 0.850. The number of alkyl halides is 3. The normalized spacial score (nSPS) is 25.4. The number of halogens is 3. The maximum absolute atomic E-state index is 12.8. The highest BCUT2D eigenvalue weighted by molar-refractivity contribution is 5.40. The zero-order chi connectivity index (χ0) is 16.6. The number of fused-ring (bicyclic) bond motifs is 1. The highest BCUT2D eigenvalue weighted by atomic mass is 19.4. The SMILES string of the molecule is CC(C)CCN1CC2CN(c3cc(C(F)(F)F)ncn3)CCC21. The van der Waals surface area contributed by atoms with Gasteiger partial charge < -0.3 is 4.90 Å². The summed E-state index contributed by atoms with van der Waals surface area (Å²) < 4.78 is 38.3. The van der Waals surface area contributed by atoms with Crippen molar-refractivity contribution in [1.82, 2.24) is 14.9 Å². The Morgan fingerprint density at radius 1 is 1.26 bits per heavy atom. The lowest BCUT2D eigenvalue weighted by molar-refractivity contribution is -0.141. The molecule has 0 radical (unpaired) electrons. The standard InChI is InChI=1S/C16H23F3N4/c1-11(2)3-5-22-8-12-9-23(6-4-13(12)22)15-7-14(16(17,18)19)20-10-21-15/h7,10-13H,3-6,8-9H2,1-2H3. The van der Waals surface area contributed by atoms with Crippen molar-refractivity contribution in [3.8, 4) is 0 Å². The van der Waals surface area contributed by atoms with E-state index in [4.69, 9.17) is 0 Å². The van der Waals surface area contributed by atoms with Crippen molar-refractivity contribution in [3.05, 3.63) is 18.1 Å². The van der Waals surface area contributed by atoms with E-state index >= 15 is 0 Å². The van der Waals surface area contributed by atoms with Gasteiger partial charge in [-0.15, -0.1) is 0 Å². The fraction of sp³-hybridized carbons (Fsp3) is 0.750. The average molecular weight is 328 g/mol. The molecule has 2 aliphatic heterocycles. The Morgan fingerprint density at radius 2 is 2.04 bits per heavy atom. The molecule has 2 saturated heterocycles. The predicted molar refractivity (Wildman–Crippen MR) is 82.2 cm³/mol. The van der Waals surface area contributed by atoms with E-state index in [-0.39, 0.29) is 0 Å². The fourth-order valence-corrected chi connectivity index (χ4v) is 3.54. The maximum atomic E-state index is 12.8. The monoisotopic (exact) mass is 328 g/mol. The molecular formula is C16H23F3N4. The van der Waals surface area contributed by atoms with Crippen LogP contribution in [0.25, 0.3) is 0 Å². The van der Waals surface area contributed by atoms with Crippen LogP contribution in [0.2, 0.25) is 0 Å². The number of nitrogens with zero attached hydrogens (tertiary/aromatic N) is 4. The highest BCUT2D eigenvalue weighted by Crippen LogP contribution is 2.35. The van der Waals surface area contributed by atoms with Gasteiger partial charge >= 0.3 is 6.18 Å². The molecule has 0 spiro atoms. The minimum absolute atomic E-state index is 0.395. The van der Waals surface area contributed by atoms with E-state index < -0.39 is 11.9 Å². The Kier molecular flexibility index (Phi) is 4.49. The molecule has 0 amide bonds. The highest BCUT2D eigenvalue weighted by Gasteiger charge is 2.42. The Bertz CT molecular complexity index is 546. The van der Waals surface area contributed by atoms with Gasteiger partial charge in [0.25, 0.3) is 0 Å². The molecule has 3 heterocycles. The number of likely N-dealkylation sites (tertiary alicyclic amines) is 1. The Labute approximate surface area is 134 Å². The van der Waals surface area contributed by atoms with Crippen molar-refractivity contribution in [3.63, 3.8) is 0 Å². The van der Waals surface area contributed by atoms with Crippen LogP contribution in [0.1, 0.15) is 32.4 Å². The van der Waals surface area contributed by atoms with Crippen molar-refractivity contribution in [1.29, 1.82) is 0 Å². The van der Waals surface area contributed by atoms with Gasteiger partial charge in [-0.2, -0.15) is 13.2 Å². The smallest absolute Gasteiger partial charge is 0.356 e. The Morgan fingerprint density at radius 3 is 2.70 bits per heavy atom. The molecule has 0 bridgehead atoms. The van der Waals surface area contributed by atoms with Crippen molar-refractivity contribution in [2.24, 2.45) is 11.8 Å². The van der Waals surface area contributed by atoms with Gasteiger partial charge in [0, 0.05) is 37.7 Å². The third-order valence-electron chi connectivity index (χ3n) is 4.89. The zero-order valence-corrected chi connectivity index (χ0v) is 13.6. The van der Waals surface area contributed by atoms with Gasteiger partial charge in [-0.1, -0.05) is 13.8 Å². The molecule has 0 saturated carbocycles. The summed E-state index contributed by atoms with van der Waals surface area (Å²) in [6.45, 7) is 8.18. The van der Waals surface area contributed by atoms with Crippen LogP contribution in [0.15, 0.2) is 12.4 Å². The largest absolute Gasteiger partial charge is 0.433 e. The first-order chi connectivity index (χ1) is 10.8. The number of anilines is 1. The van der Waals surface area contributed by atoms with Gasteiger partial charge in [0.2, 0.25) is 0 Å². The van der Waals surface area contributed by atoms with Crippen LogP contribution in [0.3, 0.4) is 0 Å². The van der Waals surface area contributed by atoms with Crippen LogP contribution in [-0.4, -0.2) is 47.1 Å². The predicted octanol–water partition coefficient (Wildman–Crippen LogP) is 3.05. The zero-order valence-electron chi connectivity index (χ0n) is 13.6. The summed E-state index contributed by atoms with van der Waals surface area (Å²) in [5.74, 6) is 1.64. The number of rotatable bonds is 4. The molecule has 1 aromatic heterocycles.